The molecule has 0 aromatic heterocycles. The first-order valence-electron chi connectivity index (χ1n) is 7.86. The molecule has 0 radical (unpaired) electrons. The molecule has 26 heavy (non-hydrogen) atoms. The number of carbonyl (C=O) groups is 3. The van der Waals surface area contributed by atoms with Crippen LogP contribution < -0.4 is 4.74 Å². The number of esters is 1. The fourth-order valence-corrected chi connectivity index (χ4v) is 2.62. The molecule has 0 saturated heterocycles. The first kappa shape index (κ1) is 17.9. The second-order valence-corrected chi connectivity index (χ2v) is 6.65. The zero-order valence-corrected chi connectivity index (χ0v) is 14.9. The van der Waals surface area contributed by atoms with Crippen LogP contribution in [-0.4, -0.2) is 35.0 Å². The molecule has 7 heteroatoms. The number of carbonyl (C=O) groups excluding carboxylic acids is 3. The van der Waals surface area contributed by atoms with Gasteiger partial charge in [0.15, 0.2) is 12.3 Å². The summed E-state index contributed by atoms with van der Waals surface area (Å²) in [6.45, 7) is 2.59. The summed E-state index contributed by atoms with van der Waals surface area (Å²) < 4.78 is 10.8. The van der Waals surface area contributed by atoms with Crippen molar-refractivity contribution in [2.75, 3.05) is 6.73 Å². The first-order valence-corrected chi connectivity index (χ1v) is 8.24. The van der Waals surface area contributed by atoms with E-state index in [1.165, 1.54) is 13.8 Å². The summed E-state index contributed by atoms with van der Waals surface area (Å²) in [6, 6.07) is 13.0. The fraction of sp³-hybridized carbons (Fsp3) is 0.211. The quantitative estimate of drug-likeness (QED) is 0.594. The van der Waals surface area contributed by atoms with Crippen LogP contribution in [0.2, 0.25) is 5.02 Å². The highest BCUT2D eigenvalue weighted by molar-refractivity contribution is 6.30. The third-order valence-corrected chi connectivity index (χ3v) is 4.13. The molecule has 0 atom stereocenters. The summed E-state index contributed by atoms with van der Waals surface area (Å²) in [4.78, 5) is 37.8. The molecule has 0 aliphatic carbocycles. The van der Waals surface area contributed by atoms with E-state index in [2.05, 4.69) is 0 Å². The van der Waals surface area contributed by atoms with Crippen LogP contribution >= 0.6 is 11.6 Å². The van der Waals surface area contributed by atoms with E-state index in [1.54, 1.807) is 48.5 Å². The van der Waals surface area contributed by atoms with Crippen molar-refractivity contribution in [1.29, 1.82) is 0 Å². The molecule has 1 aliphatic rings. The Morgan fingerprint density at radius 1 is 1.00 bits per heavy atom. The van der Waals surface area contributed by atoms with Crippen molar-refractivity contribution in [2.24, 2.45) is 0 Å². The van der Waals surface area contributed by atoms with Crippen molar-refractivity contribution < 1.29 is 23.9 Å². The lowest BCUT2D eigenvalue weighted by Crippen LogP contribution is -2.42. The Labute approximate surface area is 155 Å². The van der Waals surface area contributed by atoms with Gasteiger partial charge in [-0.1, -0.05) is 23.7 Å². The zero-order valence-electron chi connectivity index (χ0n) is 14.2. The van der Waals surface area contributed by atoms with E-state index < -0.39 is 30.1 Å². The number of nitrogens with zero attached hydrogens (tertiary/aromatic N) is 1. The first-order chi connectivity index (χ1) is 12.3. The number of imide groups is 1. The van der Waals surface area contributed by atoms with Crippen molar-refractivity contribution in [3.05, 3.63) is 64.7 Å². The molecule has 0 saturated carbocycles. The molecule has 0 bridgehead atoms. The van der Waals surface area contributed by atoms with E-state index in [4.69, 9.17) is 21.1 Å². The van der Waals surface area contributed by atoms with Gasteiger partial charge >= 0.3 is 5.97 Å². The van der Waals surface area contributed by atoms with E-state index in [9.17, 15) is 14.4 Å². The summed E-state index contributed by atoms with van der Waals surface area (Å²) >= 11 is 5.82. The molecule has 6 nitrogen and oxygen atoms in total. The second-order valence-electron chi connectivity index (χ2n) is 6.21. The van der Waals surface area contributed by atoms with Gasteiger partial charge in [0.1, 0.15) is 5.75 Å². The Morgan fingerprint density at radius 3 is 2.08 bits per heavy atom. The number of hydrogen-bond acceptors (Lipinski definition) is 5. The minimum Gasteiger partial charge on any atom is -0.476 e. The molecule has 3 rings (SSSR count). The van der Waals surface area contributed by atoms with Gasteiger partial charge in [0.05, 0.1) is 11.1 Å². The van der Waals surface area contributed by atoms with Gasteiger partial charge in [-0.2, -0.15) is 0 Å². The van der Waals surface area contributed by atoms with Gasteiger partial charge in [-0.3, -0.25) is 9.59 Å². The molecule has 2 amide bonds. The van der Waals surface area contributed by atoms with Crippen molar-refractivity contribution in [1.82, 2.24) is 4.90 Å². The Morgan fingerprint density at radius 2 is 1.54 bits per heavy atom. The Balaban J connectivity index is 1.64. The number of ether oxygens (including phenoxy) is 2. The van der Waals surface area contributed by atoms with E-state index in [-0.39, 0.29) is 0 Å². The topological polar surface area (TPSA) is 72.9 Å². The average Bonchev–Trinajstić information content (AvgIpc) is 2.86. The number of amides is 2. The third kappa shape index (κ3) is 3.41. The van der Waals surface area contributed by atoms with Crippen LogP contribution in [0.5, 0.6) is 5.75 Å². The summed E-state index contributed by atoms with van der Waals surface area (Å²) in [5.74, 6) is -1.24. The molecule has 2 aromatic rings. The van der Waals surface area contributed by atoms with Crippen molar-refractivity contribution >= 4 is 29.4 Å². The predicted octanol–water partition coefficient (Wildman–Crippen LogP) is 3.29. The van der Waals surface area contributed by atoms with Gasteiger partial charge in [0, 0.05) is 5.02 Å². The van der Waals surface area contributed by atoms with E-state index in [0.29, 0.717) is 21.9 Å². The SMILES string of the molecule is CC(C)(Oc1ccc(Cl)cc1)C(=O)OCN1C(=O)c2ccccc2C1=O. The lowest BCUT2D eigenvalue weighted by Gasteiger charge is -2.25. The lowest BCUT2D eigenvalue weighted by molar-refractivity contribution is -0.162. The maximum absolute atomic E-state index is 12.4. The van der Waals surface area contributed by atoms with Crippen LogP contribution in [-0.2, 0) is 9.53 Å². The number of benzene rings is 2. The number of fused-ring (bicyclic) bond motifs is 1. The standard InChI is InChI=1S/C19H16ClNO5/c1-19(2,26-13-9-7-12(20)8-10-13)18(24)25-11-21-16(22)14-5-3-4-6-15(14)17(21)23/h3-10H,11H2,1-2H3. The molecule has 134 valence electrons. The number of rotatable bonds is 5. The van der Waals surface area contributed by atoms with E-state index in [1.807, 2.05) is 0 Å². The normalized spacial score (nSPS) is 13.6. The maximum atomic E-state index is 12.4. The molecular weight excluding hydrogens is 358 g/mol. The lowest BCUT2D eigenvalue weighted by atomic mass is 10.1. The van der Waals surface area contributed by atoms with Gasteiger partial charge in [0.25, 0.3) is 11.8 Å². The Bertz CT molecular complexity index is 841. The number of hydrogen-bond donors (Lipinski definition) is 0. The van der Waals surface area contributed by atoms with Crippen LogP contribution in [0.25, 0.3) is 0 Å². The van der Waals surface area contributed by atoms with Crippen molar-refractivity contribution in [2.45, 2.75) is 19.4 Å². The minimum atomic E-state index is -1.31. The van der Waals surface area contributed by atoms with Crippen LogP contribution in [0.15, 0.2) is 48.5 Å². The third-order valence-electron chi connectivity index (χ3n) is 3.88. The molecule has 0 N–H and O–H groups in total. The highest BCUT2D eigenvalue weighted by Crippen LogP contribution is 2.24. The monoisotopic (exact) mass is 373 g/mol. The number of halogens is 1. The van der Waals surface area contributed by atoms with E-state index in [0.717, 1.165) is 4.90 Å². The fourth-order valence-electron chi connectivity index (χ4n) is 2.49. The van der Waals surface area contributed by atoms with Gasteiger partial charge in [-0.25, -0.2) is 9.69 Å². The molecule has 1 heterocycles. The van der Waals surface area contributed by atoms with Gasteiger partial charge in [-0.15, -0.1) is 0 Å². The summed E-state index contributed by atoms with van der Waals surface area (Å²) in [5.41, 5.74) is -0.720. The average molecular weight is 374 g/mol. The highest BCUT2D eigenvalue weighted by Gasteiger charge is 2.38. The van der Waals surface area contributed by atoms with Crippen LogP contribution in [0.3, 0.4) is 0 Å². The maximum Gasteiger partial charge on any atom is 0.351 e. The van der Waals surface area contributed by atoms with Crippen LogP contribution in [0.4, 0.5) is 0 Å². The Kier molecular flexibility index (Phi) is 4.70. The smallest absolute Gasteiger partial charge is 0.351 e. The minimum absolute atomic E-state index is 0.297. The molecule has 0 unspecified atom stereocenters. The second kappa shape index (κ2) is 6.80. The molecule has 0 fully saturated rings. The molecule has 2 aromatic carbocycles. The Hall–Kier alpha value is -2.86. The van der Waals surface area contributed by atoms with Crippen LogP contribution in [0, 0.1) is 0 Å². The van der Waals surface area contributed by atoms with Crippen LogP contribution in [0.1, 0.15) is 34.6 Å². The van der Waals surface area contributed by atoms with Gasteiger partial charge in [-0.05, 0) is 50.2 Å². The highest BCUT2D eigenvalue weighted by atomic mass is 35.5. The predicted molar refractivity (Wildman–Crippen MR) is 94.1 cm³/mol. The van der Waals surface area contributed by atoms with Gasteiger partial charge in [0.2, 0.25) is 0 Å². The summed E-state index contributed by atoms with van der Waals surface area (Å²) in [6.07, 6.45) is 0. The molecular formula is C19H16ClNO5. The van der Waals surface area contributed by atoms with E-state index >= 15 is 0 Å². The molecule has 1 aliphatic heterocycles. The van der Waals surface area contributed by atoms with Crippen molar-refractivity contribution in [3.8, 4) is 5.75 Å². The summed E-state index contributed by atoms with van der Waals surface area (Å²) in [7, 11) is 0. The zero-order chi connectivity index (χ0) is 18.9. The molecule has 0 spiro atoms. The largest absolute Gasteiger partial charge is 0.476 e. The van der Waals surface area contributed by atoms with Crippen molar-refractivity contribution in [3.63, 3.8) is 0 Å². The summed E-state index contributed by atoms with van der Waals surface area (Å²) in [5, 5.41) is 0.545. The van der Waals surface area contributed by atoms with Gasteiger partial charge < -0.3 is 9.47 Å².